The molecule has 0 spiro atoms. The topological polar surface area (TPSA) is 84.2 Å². The Balaban J connectivity index is 1.94. The van der Waals surface area contributed by atoms with Gasteiger partial charge in [0.1, 0.15) is 6.04 Å². The molecule has 0 bridgehead atoms. The Labute approximate surface area is 135 Å². The zero-order valence-electron chi connectivity index (χ0n) is 13.0. The number of amides is 2. The van der Waals surface area contributed by atoms with E-state index in [-0.39, 0.29) is 5.91 Å². The van der Waals surface area contributed by atoms with Crippen LogP contribution in [0.25, 0.3) is 0 Å². The van der Waals surface area contributed by atoms with Gasteiger partial charge in [0, 0.05) is 6.54 Å². The minimum absolute atomic E-state index is 0.184. The molecule has 5 heteroatoms. The molecular formula is C18H21N3O2. The van der Waals surface area contributed by atoms with Crippen LogP contribution in [0.5, 0.6) is 0 Å². The highest BCUT2D eigenvalue weighted by atomic mass is 16.2. The molecule has 23 heavy (non-hydrogen) atoms. The van der Waals surface area contributed by atoms with Gasteiger partial charge in [-0.05, 0) is 18.1 Å². The number of carbonyl (C=O) groups is 2. The Morgan fingerprint density at radius 3 is 2.13 bits per heavy atom. The Kier molecular flexibility index (Phi) is 5.88. The van der Waals surface area contributed by atoms with Crippen LogP contribution in [0.3, 0.4) is 0 Å². The molecule has 4 N–H and O–H groups in total. The van der Waals surface area contributed by atoms with Gasteiger partial charge in [-0.2, -0.15) is 0 Å². The van der Waals surface area contributed by atoms with Gasteiger partial charge in [0.15, 0.2) is 0 Å². The van der Waals surface area contributed by atoms with Crippen LogP contribution in [0, 0.1) is 0 Å². The van der Waals surface area contributed by atoms with Crippen molar-refractivity contribution in [2.24, 2.45) is 5.73 Å². The number of primary amides is 1. The number of nitrogens with one attached hydrogen (secondary N) is 2. The van der Waals surface area contributed by atoms with Crippen LogP contribution in [0.2, 0.25) is 0 Å². The fraction of sp³-hybridized carbons (Fsp3) is 0.222. The maximum absolute atomic E-state index is 12.2. The van der Waals surface area contributed by atoms with E-state index in [1.807, 2.05) is 48.5 Å². The molecule has 0 saturated carbocycles. The van der Waals surface area contributed by atoms with Gasteiger partial charge in [-0.25, -0.2) is 0 Å². The first-order valence-electron chi connectivity index (χ1n) is 7.50. The van der Waals surface area contributed by atoms with E-state index in [9.17, 15) is 9.59 Å². The van der Waals surface area contributed by atoms with E-state index in [1.54, 1.807) is 19.1 Å². The minimum atomic E-state index is -0.700. The monoisotopic (exact) mass is 311 g/mol. The average Bonchev–Trinajstić information content (AvgIpc) is 2.58. The summed E-state index contributed by atoms with van der Waals surface area (Å²) < 4.78 is 0. The van der Waals surface area contributed by atoms with Gasteiger partial charge in [0.25, 0.3) is 0 Å². The number of carbonyl (C=O) groups excluding carboxylic acids is 2. The Bertz CT molecular complexity index is 644. The molecule has 5 nitrogen and oxygen atoms in total. The number of rotatable bonds is 7. The van der Waals surface area contributed by atoms with Crippen LogP contribution in [0.15, 0.2) is 60.7 Å². The van der Waals surface area contributed by atoms with Gasteiger partial charge >= 0.3 is 0 Å². The lowest BCUT2D eigenvalue weighted by molar-refractivity contribution is -0.124. The highest BCUT2D eigenvalue weighted by Gasteiger charge is 2.22. The zero-order chi connectivity index (χ0) is 16.7. The Hall–Kier alpha value is -2.66. The van der Waals surface area contributed by atoms with Crippen molar-refractivity contribution >= 4 is 11.8 Å². The molecule has 0 aliphatic rings. The molecule has 0 saturated heterocycles. The Morgan fingerprint density at radius 2 is 1.57 bits per heavy atom. The molecule has 2 aromatic carbocycles. The van der Waals surface area contributed by atoms with Gasteiger partial charge in [-0.1, -0.05) is 60.7 Å². The van der Waals surface area contributed by atoms with E-state index in [0.717, 1.165) is 11.1 Å². The van der Waals surface area contributed by atoms with Crippen molar-refractivity contribution in [2.45, 2.75) is 25.6 Å². The molecule has 2 atom stereocenters. The first-order valence-corrected chi connectivity index (χ1v) is 7.50. The van der Waals surface area contributed by atoms with Crippen LogP contribution < -0.4 is 16.4 Å². The molecular weight excluding hydrogens is 290 g/mol. The van der Waals surface area contributed by atoms with Crippen molar-refractivity contribution in [2.75, 3.05) is 0 Å². The third kappa shape index (κ3) is 4.93. The van der Waals surface area contributed by atoms with Crippen molar-refractivity contribution in [1.82, 2.24) is 10.6 Å². The molecule has 0 radical (unpaired) electrons. The second-order valence-electron chi connectivity index (χ2n) is 5.34. The summed E-state index contributed by atoms with van der Waals surface area (Å²) in [5, 5.41) is 5.82. The molecule has 2 rings (SSSR count). The van der Waals surface area contributed by atoms with Gasteiger partial charge in [-0.3, -0.25) is 14.9 Å². The summed E-state index contributed by atoms with van der Waals surface area (Å²) in [6.45, 7) is 2.15. The summed E-state index contributed by atoms with van der Waals surface area (Å²) in [6.07, 6.45) is 0. The van der Waals surface area contributed by atoms with Crippen LogP contribution in [0.4, 0.5) is 0 Å². The summed E-state index contributed by atoms with van der Waals surface area (Å²) >= 11 is 0. The number of hydrogen-bond donors (Lipinski definition) is 3. The van der Waals surface area contributed by atoms with Crippen LogP contribution in [-0.4, -0.2) is 17.9 Å². The highest BCUT2D eigenvalue weighted by Crippen LogP contribution is 2.12. The van der Waals surface area contributed by atoms with Crippen molar-refractivity contribution < 1.29 is 9.59 Å². The summed E-state index contributed by atoms with van der Waals surface area (Å²) in [6, 6.07) is 17.5. The quantitative estimate of drug-likeness (QED) is 0.724. The predicted octanol–water partition coefficient (Wildman–Crippen LogP) is 1.51. The predicted molar refractivity (Wildman–Crippen MR) is 89.3 cm³/mol. The third-order valence-corrected chi connectivity index (χ3v) is 3.54. The summed E-state index contributed by atoms with van der Waals surface area (Å²) in [4.78, 5) is 23.8. The van der Waals surface area contributed by atoms with Crippen molar-refractivity contribution in [3.8, 4) is 0 Å². The third-order valence-electron chi connectivity index (χ3n) is 3.54. The first-order chi connectivity index (χ1) is 11.1. The summed E-state index contributed by atoms with van der Waals surface area (Å²) in [5.41, 5.74) is 7.20. The zero-order valence-corrected chi connectivity index (χ0v) is 13.0. The molecule has 0 aliphatic heterocycles. The van der Waals surface area contributed by atoms with Crippen LogP contribution in [-0.2, 0) is 16.1 Å². The molecule has 120 valence electrons. The van der Waals surface area contributed by atoms with E-state index in [4.69, 9.17) is 5.73 Å². The fourth-order valence-electron chi connectivity index (χ4n) is 2.25. The van der Waals surface area contributed by atoms with Gasteiger partial charge in [0.05, 0.1) is 6.04 Å². The van der Waals surface area contributed by atoms with Crippen LogP contribution >= 0.6 is 0 Å². The molecule has 0 aliphatic carbocycles. The average molecular weight is 311 g/mol. The minimum Gasteiger partial charge on any atom is -0.368 e. The van der Waals surface area contributed by atoms with E-state index in [0.29, 0.717) is 6.54 Å². The SMILES string of the molecule is CC(NC(C(N)=O)c1ccccc1)C(=O)NCc1ccccc1. The van der Waals surface area contributed by atoms with Crippen LogP contribution in [0.1, 0.15) is 24.1 Å². The molecule has 0 fully saturated rings. The molecule has 2 amide bonds. The molecule has 2 aromatic rings. The maximum atomic E-state index is 12.2. The van der Waals surface area contributed by atoms with E-state index >= 15 is 0 Å². The second-order valence-corrected chi connectivity index (χ2v) is 5.34. The molecule has 2 unspecified atom stereocenters. The lowest BCUT2D eigenvalue weighted by atomic mass is 10.1. The Morgan fingerprint density at radius 1 is 1.00 bits per heavy atom. The second kappa shape index (κ2) is 8.10. The smallest absolute Gasteiger partial charge is 0.239 e. The maximum Gasteiger partial charge on any atom is 0.239 e. The van der Waals surface area contributed by atoms with E-state index in [1.165, 1.54) is 0 Å². The highest BCUT2D eigenvalue weighted by molar-refractivity contribution is 5.85. The first kappa shape index (κ1) is 16.7. The lowest BCUT2D eigenvalue weighted by Gasteiger charge is -2.21. The standard InChI is InChI=1S/C18H21N3O2/c1-13(18(23)20-12-14-8-4-2-5-9-14)21-16(17(19)22)15-10-6-3-7-11-15/h2-11,13,16,21H,12H2,1H3,(H2,19,22)(H,20,23). The van der Waals surface area contributed by atoms with E-state index in [2.05, 4.69) is 10.6 Å². The van der Waals surface area contributed by atoms with Crippen molar-refractivity contribution in [1.29, 1.82) is 0 Å². The molecule has 0 aromatic heterocycles. The summed E-state index contributed by atoms with van der Waals surface area (Å²) in [5.74, 6) is -0.699. The van der Waals surface area contributed by atoms with Gasteiger partial charge in [0.2, 0.25) is 11.8 Å². The summed E-state index contributed by atoms with van der Waals surface area (Å²) in [7, 11) is 0. The van der Waals surface area contributed by atoms with Crippen molar-refractivity contribution in [3.05, 3.63) is 71.8 Å². The fourth-order valence-corrected chi connectivity index (χ4v) is 2.25. The van der Waals surface area contributed by atoms with E-state index < -0.39 is 18.0 Å². The lowest BCUT2D eigenvalue weighted by Crippen LogP contribution is -2.46. The van der Waals surface area contributed by atoms with Crippen molar-refractivity contribution in [3.63, 3.8) is 0 Å². The van der Waals surface area contributed by atoms with Gasteiger partial charge < -0.3 is 11.1 Å². The number of hydrogen-bond acceptors (Lipinski definition) is 3. The molecule has 0 heterocycles. The van der Waals surface area contributed by atoms with Gasteiger partial charge in [-0.15, -0.1) is 0 Å². The number of benzene rings is 2. The number of nitrogens with two attached hydrogens (primary N) is 1. The normalized spacial score (nSPS) is 13.1. The largest absolute Gasteiger partial charge is 0.368 e.